The largest absolute Gasteiger partial charge is 0.327 e. The van der Waals surface area contributed by atoms with Crippen molar-refractivity contribution in [3.8, 4) is 0 Å². The molecule has 0 radical (unpaired) electrons. The average molecular weight is 302 g/mol. The van der Waals surface area contributed by atoms with E-state index in [4.69, 9.17) is 0 Å². The lowest BCUT2D eigenvalue weighted by molar-refractivity contribution is 0.0589. The maximum atomic E-state index is 12.8. The third-order valence-corrected chi connectivity index (χ3v) is 4.16. The van der Waals surface area contributed by atoms with Gasteiger partial charge >= 0.3 is 0 Å². The number of aromatic nitrogens is 5. The fraction of sp³-hybridized carbons (Fsp3) is 0.600. The lowest BCUT2D eigenvalue weighted by atomic mass is 10.0. The SMILES string of the molecule is CC(C)c1n[nH]c(C2CCCCN2C(=O)c2ccnn2C)n1. The summed E-state index contributed by atoms with van der Waals surface area (Å²) in [5, 5.41) is 11.4. The molecule has 118 valence electrons. The van der Waals surface area contributed by atoms with Crippen molar-refractivity contribution in [3.63, 3.8) is 0 Å². The fourth-order valence-corrected chi connectivity index (χ4v) is 2.88. The van der Waals surface area contributed by atoms with Crippen molar-refractivity contribution in [3.05, 3.63) is 29.6 Å². The summed E-state index contributed by atoms with van der Waals surface area (Å²) in [7, 11) is 1.79. The average Bonchev–Trinajstić information content (AvgIpc) is 3.15. The molecule has 2 aromatic rings. The topological polar surface area (TPSA) is 79.7 Å². The van der Waals surface area contributed by atoms with Crippen LogP contribution in [0, 0.1) is 0 Å². The molecule has 3 heterocycles. The van der Waals surface area contributed by atoms with E-state index in [2.05, 4.69) is 34.1 Å². The predicted octanol–water partition coefficient (Wildman–Crippen LogP) is 2.03. The molecule has 0 aliphatic carbocycles. The first kappa shape index (κ1) is 14.7. The van der Waals surface area contributed by atoms with Crippen molar-refractivity contribution >= 4 is 5.91 Å². The Hall–Kier alpha value is -2.18. The number of carbonyl (C=O) groups excluding carboxylic acids is 1. The van der Waals surface area contributed by atoms with Crippen LogP contribution in [0.2, 0.25) is 0 Å². The smallest absolute Gasteiger partial charge is 0.272 e. The second-order valence-corrected chi connectivity index (χ2v) is 6.08. The number of aryl methyl sites for hydroxylation is 1. The van der Waals surface area contributed by atoms with E-state index in [1.165, 1.54) is 0 Å². The number of nitrogens with one attached hydrogen (secondary N) is 1. The van der Waals surface area contributed by atoms with Crippen LogP contribution in [-0.2, 0) is 7.05 Å². The molecule has 1 fully saturated rings. The summed E-state index contributed by atoms with van der Waals surface area (Å²) in [6, 6.07) is 1.73. The highest BCUT2D eigenvalue weighted by Crippen LogP contribution is 2.30. The molecule has 22 heavy (non-hydrogen) atoms. The van der Waals surface area contributed by atoms with Gasteiger partial charge in [-0.2, -0.15) is 10.2 Å². The van der Waals surface area contributed by atoms with Gasteiger partial charge in [0.1, 0.15) is 11.5 Å². The third kappa shape index (κ3) is 2.63. The van der Waals surface area contributed by atoms with Gasteiger partial charge in [0.2, 0.25) is 0 Å². The molecule has 1 saturated heterocycles. The molecule has 3 rings (SSSR count). The highest BCUT2D eigenvalue weighted by atomic mass is 16.2. The Labute approximate surface area is 129 Å². The number of amides is 1. The summed E-state index contributed by atoms with van der Waals surface area (Å²) in [6.07, 6.45) is 4.68. The highest BCUT2D eigenvalue weighted by molar-refractivity contribution is 5.92. The predicted molar refractivity (Wildman–Crippen MR) is 81.3 cm³/mol. The molecule has 2 aromatic heterocycles. The van der Waals surface area contributed by atoms with E-state index in [0.29, 0.717) is 5.69 Å². The van der Waals surface area contributed by atoms with Crippen molar-refractivity contribution < 1.29 is 4.79 Å². The van der Waals surface area contributed by atoms with E-state index in [-0.39, 0.29) is 17.9 Å². The normalized spacial score (nSPS) is 18.9. The number of hydrogen-bond acceptors (Lipinski definition) is 4. The second-order valence-electron chi connectivity index (χ2n) is 6.08. The van der Waals surface area contributed by atoms with E-state index in [1.54, 1.807) is 24.0 Å². The quantitative estimate of drug-likeness (QED) is 0.940. The van der Waals surface area contributed by atoms with Gasteiger partial charge < -0.3 is 4.90 Å². The zero-order valence-corrected chi connectivity index (χ0v) is 13.3. The molecule has 0 aromatic carbocycles. The van der Waals surface area contributed by atoms with Crippen LogP contribution in [0.1, 0.15) is 67.2 Å². The van der Waals surface area contributed by atoms with Gasteiger partial charge in [-0.15, -0.1) is 0 Å². The highest BCUT2D eigenvalue weighted by Gasteiger charge is 2.32. The minimum absolute atomic E-state index is 0.00666. The zero-order chi connectivity index (χ0) is 15.7. The van der Waals surface area contributed by atoms with Crippen molar-refractivity contribution in [2.24, 2.45) is 7.05 Å². The summed E-state index contributed by atoms with van der Waals surface area (Å²) < 4.78 is 1.62. The number of nitrogens with zero attached hydrogens (tertiary/aromatic N) is 5. The second kappa shape index (κ2) is 5.90. The summed E-state index contributed by atoms with van der Waals surface area (Å²) >= 11 is 0. The van der Waals surface area contributed by atoms with Crippen molar-refractivity contribution in [2.75, 3.05) is 6.54 Å². The Kier molecular flexibility index (Phi) is 3.96. The lowest BCUT2D eigenvalue weighted by Gasteiger charge is -2.34. The minimum Gasteiger partial charge on any atom is -0.327 e. The molecule has 1 atom stereocenters. The van der Waals surface area contributed by atoms with Gasteiger partial charge in [-0.1, -0.05) is 13.8 Å². The molecule has 1 N–H and O–H groups in total. The van der Waals surface area contributed by atoms with Crippen LogP contribution in [0.3, 0.4) is 0 Å². The van der Waals surface area contributed by atoms with Gasteiger partial charge in [0, 0.05) is 25.7 Å². The van der Waals surface area contributed by atoms with Gasteiger partial charge in [-0.05, 0) is 25.3 Å². The Morgan fingerprint density at radius 2 is 2.23 bits per heavy atom. The molecule has 7 nitrogen and oxygen atoms in total. The van der Waals surface area contributed by atoms with Gasteiger partial charge in [-0.25, -0.2) is 4.98 Å². The molecule has 0 spiro atoms. The third-order valence-electron chi connectivity index (χ3n) is 4.16. The summed E-state index contributed by atoms with van der Waals surface area (Å²) in [5.74, 6) is 1.87. The van der Waals surface area contributed by atoms with E-state index < -0.39 is 0 Å². The van der Waals surface area contributed by atoms with Gasteiger partial charge in [-0.3, -0.25) is 14.6 Å². The first-order valence-electron chi connectivity index (χ1n) is 7.79. The van der Waals surface area contributed by atoms with Crippen molar-refractivity contribution in [2.45, 2.75) is 45.1 Å². The number of aromatic amines is 1. The minimum atomic E-state index is -0.0313. The number of H-pyrrole nitrogens is 1. The van der Waals surface area contributed by atoms with Gasteiger partial charge in [0.25, 0.3) is 5.91 Å². The first-order valence-corrected chi connectivity index (χ1v) is 7.79. The van der Waals surface area contributed by atoms with Crippen molar-refractivity contribution in [1.29, 1.82) is 0 Å². The number of likely N-dealkylation sites (tertiary alicyclic amines) is 1. The molecule has 0 bridgehead atoms. The monoisotopic (exact) mass is 302 g/mol. The maximum Gasteiger partial charge on any atom is 0.272 e. The van der Waals surface area contributed by atoms with E-state index >= 15 is 0 Å². The van der Waals surface area contributed by atoms with Gasteiger partial charge in [0.15, 0.2) is 5.82 Å². The van der Waals surface area contributed by atoms with E-state index in [9.17, 15) is 4.79 Å². The van der Waals surface area contributed by atoms with Crippen LogP contribution in [0.15, 0.2) is 12.3 Å². The molecule has 1 unspecified atom stereocenters. The number of hydrogen-bond donors (Lipinski definition) is 1. The maximum absolute atomic E-state index is 12.8. The van der Waals surface area contributed by atoms with Gasteiger partial charge in [0.05, 0.1) is 6.04 Å². The standard InChI is InChI=1S/C15H22N6O/c1-10(2)13-17-14(19-18-13)11-6-4-5-9-21(11)15(22)12-7-8-16-20(12)3/h7-8,10-11H,4-6,9H2,1-3H3,(H,17,18,19). The molecule has 7 heteroatoms. The zero-order valence-electron chi connectivity index (χ0n) is 13.3. The number of piperidine rings is 1. The van der Waals surface area contributed by atoms with Crippen LogP contribution < -0.4 is 0 Å². The molecule has 1 amide bonds. The van der Waals surface area contributed by atoms with Crippen LogP contribution in [0.4, 0.5) is 0 Å². The summed E-state index contributed by atoms with van der Waals surface area (Å²) in [6.45, 7) is 4.87. The van der Waals surface area contributed by atoms with E-state index in [0.717, 1.165) is 37.5 Å². The molecule has 1 aliphatic rings. The lowest BCUT2D eigenvalue weighted by Crippen LogP contribution is -2.39. The Balaban J connectivity index is 1.87. The molecule has 1 aliphatic heterocycles. The van der Waals surface area contributed by atoms with E-state index in [1.807, 2.05) is 4.90 Å². The van der Waals surface area contributed by atoms with Crippen LogP contribution >= 0.6 is 0 Å². The molecular weight excluding hydrogens is 280 g/mol. The Morgan fingerprint density at radius 1 is 1.41 bits per heavy atom. The van der Waals surface area contributed by atoms with Crippen molar-refractivity contribution in [1.82, 2.24) is 29.9 Å². The first-order chi connectivity index (χ1) is 10.6. The van der Waals surface area contributed by atoms with Crippen LogP contribution in [-0.4, -0.2) is 42.3 Å². The summed E-state index contributed by atoms with van der Waals surface area (Å²) in [4.78, 5) is 19.3. The Bertz CT molecular complexity index is 659. The molecule has 0 saturated carbocycles. The number of carbonyl (C=O) groups is 1. The fourth-order valence-electron chi connectivity index (χ4n) is 2.88. The van der Waals surface area contributed by atoms with Crippen LogP contribution in [0.25, 0.3) is 0 Å². The Morgan fingerprint density at radius 3 is 2.86 bits per heavy atom. The molecular formula is C15H22N6O. The van der Waals surface area contributed by atoms with Crippen LogP contribution in [0.5, 0.6) is 0 Å². The summed E-state index contributed by atoms with van der Waals surface area (Å²) in [5.41, 5.74) is 0.607. The number of rotatable bonds is 3.